The number of pyridine rings is 1. The van der Waals surface area contributed by atoms with Crippen molar-refractivity contribution in [2.24, 2.45) is 5.92 Å². The van der Waals surface area contributed by atoms with Gasteiger partial charge in [0.25, 0.3) is 5.91 Å². The number of carbonyl (C=O) groups excluding carboxylic acids is 1. The molecular formula is C18H23N7O. The maximum Gasteiger partial charge on any atom is 0.255 e. The van der Waals surface area contributed by atoms with Crippen molar-refractivity contribution in [1.82, 2.24) is 34.6 Å². The molecule has 8 nitrogen and oxygen atoms in total. The van der Waals surface area contributed by atoms with Gasteiger partial charge in [-0.1, -0.05) is 13.8 Å². The fourth-order valence-corrected chi connectivity index (χ4v) is 3.54. The molecule has 0 aliphatic carbocycles. The largest absolute Gasteiger partial charge is 0.339 e. The Morgan fingerprint density at radius 2 is 2.08 bits per heavy atom. The number of fused-ring (bicyclic) bond motifs is 1. The highest BCUT2D eigenvalue weighted by Gasteiger charge is 2.26. The summed E-state index contributed by atoms with van der Waals surface area (Å²) < 4.78 is 2.04. The van der Waals surface area contributed by atoms with E-state index in [1.807, 2.05) is 15.5 Å². The third-order valence-corrected chi connectivity index (χ3v) is 4.87. The Bertz CT molecular complexity index is 892. The van der Waals surface area contributed by atoms with Gasteiger partial charge in [0.1, 0.15) is 17.7 Å². The SMILES string of the molecule is CC(C)Cn1cnc2cc(C(=O)N3CCC(c4ncn[nH]4)CC3)cnc21. The number of carbonyl (C=O) groups is 1. The second-order valence-electron chi connectivity index (χ2n) is 7.29. The van der Waals surface area contributed by atoms with Gasteiger partial charge < -0.3 is 9.47 Å². The average molecular weight is 353 g/mol. The Hall–Kier alpha value is -2.77. The average Bonchev–Trinajstić information content (AvgIpc) is 3.31. The molecule has 1 aliphatic heterocycles. The van der Waals surface area contributed by atoms with E-state index >= 15 is 0 Å². The summed E-state index contributed by atoms with van der Waals surface area (Å²) in [5.74, 6) is 1.79. The summed E-state index contributed by atoms with van der Waals surface area (Å²) in [6.07, 6.45) is 6.78. The molecule has 0 spiro atoms. The van der Waals surface area contributed by atoms with Crippen molar-refractivity contribution >= 4 is 17.1 Å². The van der Waals surface area contributed by atoms with E-state index in [0.717, 1.165) is 36.4 Å². The zero-order valence-electron chi connectivity index (χ0n) is 15.1. The van der Waals surface area contributed by atoms with Crippen molar-refractivity contribution in [2.75, 3.05) is 13.1 Å². The minimum Gasteiger partial charge on any atom is -0.339 e. The molecule has 3 aromatic rings. The summed E-state index contributed by atoms with van der Waals surface area (Å²) in [4.78, 5) is 27.9. The summed E-state index contributed by atoms with van der Waals surface area (Å²) in [6, 6.07) is 1.85. The third-order valence-electron chi connectivity index (χ3n) is 4.87. The molecule has 0 aromatic carbocycles. The lowest BCUT2D eigenvalue weighted by Crippen LogP contribution is -2.38. The normalized spacial score (nSPS) is 15.9. The Morgan fingerprint density at radius 3 is 2.77 bits per heavy atom. The molecule has 1 fully saturated rings. The van der Waals surface area contributed by atoms with Gasteiger partial charge in [0, 0.05) is 31.7 Å². The number of piperidine rings is 1. The number of aromatic nitrogens is 6. The molecule has 0 saturated carbocycles. The molecule has 4 heterocycles. The predicted molar refractivity (Wildman–Crippen MR) is 96.6 cm³/mol. The first kappa shape index (κ1) is 16.7. The van der Waals surface area contributed by atoms with E-state index in [2.05, 4.69) is 39.0 Å². The van der Waals surface area contributed by atoms with Gasteiger partial charge in [-0.3, -0.25) is 9.89 Å². The molecule has 0 unspecified atom stereocenters. The van der Waals surface area contributed by atoms with Gasteiger partial charge in [0.2, 0.25) is 0 Å². The van der Waals surface area contributed by atoms with Crippen LogP contribution in [0.4, 0.5) is 0 Å². The summed E-state index contributed by atoms with van der Waals surface area (Å²) in [7, 11) is 0. The van der Waals surface area contributed by atoms with Gasteiger partial charge in [0.15, 0.2) is 5.65 Å². The standard InChI is InChI=1S/C18H23N7O/c1-12(2)9-25-11-21-15-7-14(8-19-17(15)25)18(26)24-5-3-13(4-6-24)16-20-10-22-23-16/h7-8,10-13H,3-6,9H2,1-2H3,(H,20,22,23). The van der Waals surface area contributed by atoms with E-state index in [1.165, 1.54) is 6.33 Å². The van der Waals surface area contributed by atoms with Crippen LogP contribution >= 0.6 is 0 Å². The van der Waals surface area contributed by atoms with Crippen LogP contribution in [0.5, 0.6) is 0 Å². The molecule has 0 radical (unpaired) electrons. The first-order valence-corrected chi connectivity index (χ1v) is 9.07. The number of likely N-dealkylation sites (tertiary alicyclic amines) is 1. The van der Waals surface area contributed by atoms with E-state index in [0.29, 0.717) is 30.5 Å². The van der Waals surface area contributed by atoms with Crippen LogP contribution in [-0.4, -0.2) is 53.6 Å². The second-order valence-corrected chi connectivity index (χ2v) is 7.29. The van der Waals surface area contributed by atoms with Gasteiger partial charge in [0.05, 0.1) is 11.9 Å². The van der Waals surface area contributed by atoms with Gasteiger partial charge in [-0.15, -0.1) is 0 Å². The molecule has 1 N–H and O–H groups in total. The highest BCUT2D eigenvalue weighted by atomic mass is 16.2. The first-order valence-electron chi connectivity index (χ1n) is 9.07. The monoisotopic (exact) mass is 353 g/mol. The van der Waals surface area contributed by atoms with Gasteiger partial charge in [-0.2, -0.15) is 5.10 Å². The number of imidazole rings is 1. The molecule has 1 amide bonds. The lowest BCUT2D eigenvalue weighted by atomic mass is 9.96. The maximum atomic E-state index is 12.8. The van der Waals surface area contributed by atoms with Crippen LogP contribution in [0.2, 0.25) is 0 Å². The first-order chi connectivity index (χ1) is 12.6. The minimum absolute atomic E-state index is 0.0221. The van der Waals surface area contributed by atoms with Crippen LogP contribution in [0.3, 0.4) is 0 Å². The number of hydrogen-bond donors (Lipinski definition) is 1. The highest BCUT2D eigenvalue weighted by Crippen LogP contribution is 2.26. The number of aromatic amines is 1. The van der Waals surface area contributed by atoms with Gasteiger partial charge in [-0.05, 0) is 24.8 Å². The molecule has 136 valence electrons. The predicted octanol–water partition coefficient (Wildman–Crippen LogP) is 2.23. The molecular weight excluding hydrogens is 330 g/mol. The van der Waals surface area contributed by atoms with Crippen molar-refractivity contribution in [3.05, 3.63) is 36.3 Å². The van der Waals surface area contributed by atoms with Gasteiger partial charge in [-0.25, -0.2) is 15.0 Å². The summed E-state index contributed by atoms with van der Waals surface area (Å²) in [6.45, 7) is 6.61. The second kappa shape index (κ2) is 6.86. The summed E-state index contributed by atoms with van der Waals surface area (Å²) in [5.41, 5.74) is 2.21. The van der Waals surface area contributed by atoms with Crippen LogP contribution in [0.25, 0.3) is 11.2 Å². The molecule has 1 saturated heterocycles. The Kier molecular flexibility index (Phi) is 4.40. The van der Waals surface area contributed by atoms with E-state index in [-0.39, 0.29) is 5.91 Å². The Labute approximate surface area is 151 Å². The topological polar surface area (TPSA) is 92.6 Å². The third kappa shape index (κ3) is 3.18. The zero-order valence-corrected chi connectivity index (χ0v) is 15.1. The minimum atomic E-state index is 0.0221. The van der Waals surface area contributed by atoms with Gasteiger partial charge >= 0.3 is 0 Å². The van der Waals surface area contributed by atoms with E-state index in [9.17, 15) is 4.79 Å². The molecule has 4 rings (SSSR count). The lowest BCUT2D eigenvalue weighted by molar-refractivity contribution is 0.0711. The van der Waals surface area contributed by atoms with Crippen molar-refractivity contribution in [1.29, 1.82) is 0 Å². The highest BCUT2D eigenvalue weighted by molar-refractivity contribution is 5.96. The maximum absolute atomic E-state index is 12.8. The summed E-state index contributed by atoms with van der Waals surface area (Å²) in [5, 5.41) is 6.85. The smallest absolute Gasteiger partial charge is 0.255 e. The molecule has 0 atom stereocenters. The number of nitrogens with one attached hydrogen (secondary N) is 1. The Balaban J connectivity index is 1.46. The van der Waals surface area contributed by atoms with Crippen molar-refractivity contribution < 1.29 is 4.79 Å². The molecule has 3 aromatic heterocycles. The quantitative estimate of drug-likeness (QED) is 0.776. The zero-order chi connectivity index (χ0) is 18.1. The van der Waals surface area contributed by atoms with E-state index < -0.39 is 0 Å². The fourth-order valence-electron chi connectivity index (χ4n) is 3.54. The van der Waals surface area contributed by atoms with Crippen molar-refractivity contribution in [3.63, 3.8) is 0 Å². The fraction of sp³-hybridized carbons (Fsp3) is 0.500. The van der Waals surface area contributed by atoms with E-state index in [1.54, 1.807) is 12.5 Å². The number of nitrogens with zero attached hydrogens (tertiary/aromatic N) is 6. The van der Waals surface area contributed by atoms with Crippen molar-refractivity contribution in [2.45, 2.75) is 39.2 Å². The number of rotatable bonds is 4. The number of hydrogen-bond acceptors (Lipinski definition) is 5. The van der Waals surface area contributed by atoms with Crippen molar-refractivity contribution in [3.8, 4) is 0 Å². The van der Waals surface area contributed by atoms with E-state index in [4.69, 9.17) is 0 Å². The molecule has 26 heavy (non-hydrogen) atoms. The van der Waals surface area contributed by atoms with Crippen LogP contribution < -0.4 is 0 Å². The molecule has 1 aliphatic rings. The molecule has 0 bridgehead atoms. The van der Waals surface area contributed by atoms with Crippen LogP contribution in [0.15, 0.2) is 24.9 Å². The van der Waals surface area contributed by atoms with Crippen LogP contribution in [0.1, 0.15) is 48.8 Å². The molecule has 8 heteroatoms. The summed E-state index contributed by atoms with van der Waals surface area (Å²) >= 11 is 0. The number of H-pyrrole nitrogens is 1. The lowest BCUT2D eigenvalue weighted by Gasteiger charge is -2.31. The van der Waals surface area contributed by atoms with Crippen LogP contribution in [0, 0.1) is 5.92 Å². The van der Waals surface area contributed by atoms with Crippen LogP contribution in [-0.2, 0) is 6.54 Å². The number of amides is 1. The Morgan fingerprint density at radius 1 is 1.27 bits per heavy atom.